The van der Waals surface area contributed by atoms with E-state index in [1.165, 1.54) is 28.3 Å². The smallest absolute Gasteiger partial charge is 0.295 e. The van der Waals surface area contributed by atoms with Crippen LogP contribution < -0.4 is 14.6 Å². The molecule has 1 fully saturated rings. The van der Waals surface area contributed by atoms with Gasteiger partial charge >= 0.3 is 0 Å². The Balaban J connectivity index is 1.44. The van der Waals surface area contributed by atoms with Crippen molar-refractivity contribution in [1.29, 1.82) is 0 Å². The molecular formula is C48H43N2O3PS. The largest absolute Gasteiger partial charge is 0.327 e. The maximum Gasteiger partial charge on any atom is 0.295 e. The summed E-state index contributed by atoms with van der Waals surface area (Å²) in [7, 11) is -6.22. The van der Waals surface area contributed by atoms with Crippen molar-refractivity contribution in [3.63, 3.8) is 0 Å². The second-order valence-electron chi connectivity index (χ2n) is 14.3. The molecule has 1 aliphatic rings. The standard InChI is InChI=1S/C48H43N2O3PS/c1-33-15-23-37(24-16-33)41-9-7-10-42(38-25-17-34(2)18-26-38)47(41)49-31-32-50(54(49)45-13-5-6-14-46(45)55(51,52)53)48-43(39-27-19-35(3)20-28-39)11-8-12-44(48)40-29-21-36(4)22-30-40/h5-30H,31-32H2,1-4H3,(H,51,52,53). The summed E-state index contributed by atoms with van der Waals surface area (Å²) in [5.41, 5.74) is 15.3. The van der Waals surface area contributed by atoms with Gasteiger partial charge in [0.25, 0.3) is 10.1 Å². The van der Waals surface area contributed by atoms with Crippen LogP contribution in [-0.4, -0.2) is 26.1 Å². The van der Waals surface area contributed by atoms with E-state index in [1.807, 2.05) is 12.1 Å². The molecule has 7 aromatic rings. The van der Waals surface area contributed by atoms with Crippen LogP contribution in [-0.2, 0) is 10.1 Å². The van der Waals surface area contributed by atoms with Gasteiger partial charge in [0.1, 0.15) is 13.1 Å². The van der Waals surface area contributed by atoms with Crippen molar-refractivity contribution < 1.29 is 13.0 Å². The Bertz CT molecular complexity index is 2330. The van der Waals surface area contributed by atoms with Gasteiger partial charge in [-0.15, -0.1) is 0 Å². The summed E-state index contributed by atoms with van der Waals surface area (Å²) in [4.78, 5) is -0.0765. The molecule has 0 bridgehead atoms. The van der Waals surface area contributed by atoms with Gasteiger partial charge in [-0.2, -0.15) is 8.42 Å². The molecule has 1 heterocycles. The maximum absolute atomic E-state index is 13.3. The minimum atomic E-state index is -4.59. The first kappa shape index (κ1) is 36.5. The van der Waals surface area contributed by atoms with Crippen LogP contribution in [0.1, 0.15) is 22.3 Å². The van der Waals surface area contributed by atoms with Gasteiger partial charge in [0, 0.05) is 40.6 Å². The number of hydrogen-bond acceptors (Lipinski definition) is 4. The fraction of sp³-hybridized carbons (Fsp3) is 0.125. The molecular weight excluding hydrogens is 716 g/mol. The van der Waals surface area contributed by atoms with Crippen LogP contribution in [0.2, 0.25) is 0 Å². The van der Waals surface area contributed by atoms with Crippen molar-refractivity contribution in [3.8, 4) is 44.5 Å². The average Bonchev–Trinajstić information content (AvgIpc) is 3.62. The normalized spacial score (nSPS) is 13.4. The van der Waals surface area contributed by atoms with E-state index >= 15 is 0 Å². The molecule has 7 aromatic carbocycles. The van der Waals surface area contributed by atoms with Gasteiger partial charge in [0.2, 0.25) is 0 Å². The third kappa shape index (κ3) is 7.22. The van der Waals surface area contributed by atoms with Gasteiger partial charge in [-0.1, -0.05) is 168 Å². The van der Waals surface area contributed by atoms with Gasteiger partial charge in [-0.3, -0.25) is 4.55 Å². The van der Waals surface area contributed by atoms with Crippen LogP contribution in [0, 0.1) is 27.7 Å². The predicted molar refractivity (Wildman–Crippen MR) is 231 cm³/mol. The van der Waals surface area contributed by atoms with E-state index in [4.69, 9.17) is 0 Å². The van der Waals surface area contributed by atoms with E-state index in [9.17, 15) is 13.0 Å². The summed E-state index contributed by atoms with van der Waals surface area (Å²) in [6, 6.07) is 54.2. The highest BCUT2D eigenvalue weighted by molar-refractivity contribution is 7.87. The number of benzene rings is 7. The number of anilines is 2. The Kier molecular flexibility index (Phi) is 9.91. The second-order valence-corrected chi connectivity index (χ2v) is 17.8. The SMILES string of the molecule is Cc1ccc(-c2cccc(-c3ccc(C)cc3)c2N2CCN(c3c(-c4ccc(C)cc4)cccc3-c3ccc(C)cc3)P2c2ccccc2S(=O)(=O)O)cc1. The molecule has 55 heavy (non-hydrogen) atoms. The number of hydrogen-bond donors (Lipinski definition) is 1. The molecule has 0 saturated carbocycles. The van der Waals surface area contributed by atoms with Gasteiger partial charge in [0.15, 0.2) is 0 Å². The molecule has 1 aliphatic heterocycles. The third-order valence-corrected chi connectivity index (χ3v) is 14.0. The number of nitrogens with zero attached hydrogens (tertiary/aromatic N) is 2. The summed E-state index contributed by atoms with van der Waals surface area (Å²) in [5.74, 6) is 0. The Labute approximate surface area is 326 Å². The molecule has 1 saturated heterocycles. The van der Waals surface area contributed by atoms with E-state index in [-0.39, 0.29) is 4.90 Å². The van der Waals surface area contributed by atoms with Crippen molar-refractivity contribution in [3.05, 3.63) is 180 Å². The third-order valence-electron chi connectivity index (χ3n) is 10.4. The molecule has 5 nitrogen and oxygen atoms in total. The summed E-state index contributed by atoms with van der Waals surface area (Å²) in [6.07, 6.45) is 0. The molecule has 274 valence electrons. The molecule has 7 heteroatoms. The summed E-state index contributed by atoms with van der Waals surface area (Å²) in [5, 5.41) is 0.569. The van der Waals surface area contributed by atoms with Gasteiger partial charge in [0.05, 0.1) is 11.4 Å². The first-order valence-corrected chi connectivity index (χ1v) is 21.2. The summed E-state index contributed by atoms with van der Waals surface area (Å²) in [6.45, 7) is 9.59. The topological polar surface area (TPSA) is 60.9 Å². The molecule has 0 atom stereocenters. The minimum Gasteiger partial charge on any atom is -0.327 e. The Morgan fingerprint density at radius 1 is 0.436 bits per heavy atom. The quantitative estimate of drug-likeness (QED) is 0.124. The average molecular weight is 759 g/mol. The van der Waals surface area contributed by atoms with Gasteiger partial charge in [-0.25, -0.2) is 0 Å². The van der Waals surface area contributed by atoms with Crippen molar-refractivity contribution in [2.24, 2.45) is 0 Å². The van der Waals surface area contributed by atoms with E-state index < -0.39 is 18.3 Å². The van der Waals surface area contributed by atoms with Crippen LogP contribution in [0.4, 0.5) is 11.4 Å². The maximum atomic E-state index is 13.3. The first-order valence-electron chi connectivity index (χ1n) is 18.5. The minimum absolute atomic E-state index is 0.0765. The Morgan fingerprint density at radius 3 is 1.05 bits per heavy atom. The highest BCUT2D eigenvalue weighted by Gasteiger charge is 2.41. The molecule has 8 rings (SSSR count). The highest BCUT2D eigenvalue weighted by Crippen LogP contribution is 2.59. The van der Waals surface area contributed by atoms with Crippen molar-refractivity contribution in [2.45, 2.75) is 32.6 Å². The Hall–Kier alpha value is -5.52. The Morgan fingerprint density at radius 2 is 0.745 bits per heavy atom. The molecule has 0 amide bonds. The number of rotatable bonds is 8. The van der Waals surface area contributed by atoms with Crippen molar-refractivity contribution >= 4 is 35.0 Å². The van der Waals surface area contributed by atoms with Crippen LogP contribution in [0.5, 0.6) is 0 Å². The first-order chi connectivity index (χ1) is 26.6. The summed E-state index contributed by atoms with van der Waals surface area (Å²) >= 11 is 0. The second kappa shape index (κ2) is 15.0. The van der Waals surface area contributed by atoms with Crippen LogP contribution in [0.3, 0.4) is 0 Å². The molecule has 0 spiro atoms. The van der Waals surface area contributed by atoms with Crippen LogP contribution in [0.15, 0.2) is 163 Å². The fourth-order valence-corrected chi connectivity index (χ4v) is 11.3. The highest BCUT2D eigenvalue weighted by atomic mass is 32.2. The van der Waals surface area contributed by atoms with Crippen molar-refractivity contribution in [1.82, 2.24) is 0 Å². The molecule has 0 unspecified atom stereocenters. The van der Waals surface area contributed by atoms with Gasteiger partial charge in [-0.05, 0) is 62.1 Å². The molecule has 0 aromatic heterocycles. The fourth-order valence-electron chi connectivity index (χ4n) is 7.53. The van der Waals surface area contributed by atoms with E-state index in [0.717, 1.165) is 55.9 Å². The number of aryl methyl sites for hydroxylation is 4. The molecule has 0 aliphatic carbocycles. The van der Waals surface area contributed by atoms with Crippen LogP contribution in [0.25, 0.3) is 44.5 Å². The lowest BCUT2D eigenvalue weighted by atomic mass is 9.94. The van der Waals surface area contributed by atoms with Crippen molar-refractivity contribution in [2.75, 3.05) is 22.4 Å². The van der Waals surface area contributed by atoms with Gasteiger partial charge < -0.3 is 9.34 Å². The zero-order chi connectivity index (χ0) is 38.3. The predicted octanol–water partition coefficient (Wildman–Crippen LogP) is 11.8. The molecule has 0 radical (unpaired) electrons. The summed E-state index contributed by atoms with van der Waals surface area (Å²) < 4.78 is 42.3. The lowest BCUT2D eigenvalue weighted by molar-refractivity contribution is 0.484. The lowest BCUT2D eigenvalue weighted by Gasteiger charge is -2.37. The van der Waals surface area contributed by atoms with E-state index in [1.54, 1.807) is 6.07 Å². The lowest BCUT2D eigenvalue weighted by Crippen LogP contribution is -2.27. The zero-order valence-corrected chi connectivity index (χ0v) is 33.1. The van der Waals surface area contributed by atoms with E-state index in [0.29, 0.717) is 18.4 Å². The zero-order valence-electron chi connectivity index (χ0n) is 31.4. The van der Waals surface area contributed by atoms with Crippen LogP contribution >= 0.6 is 8.22 Å². The molecule has 1 N–H and O–H groups in total. The monoisotopic (exact) mass is 758 g/mol. The van der Waals surface area contributed by atoms with E-state index in [2.05, 4.69) is 170 Å². The number of para-hydroxylation sites is 2.